The van der Waals surface area contributed by atoms with Gasteiger partial charge in [-0.2, -0.15) is 4.98 Å². The van der Waals surface area contributed by atoms with E-state index >= 15 is 0 Å². The fourth-order valence-corrected chi connectivity index (χ4v) is 1.97. The molecule has 8 heteroatoms. The fraction of sp³-hybridized carbons (Fsp3) is 0.417. The molecule has 0 aromatic carbocycles. The number of piperazine rings is 1. The molecule has 3 heterocycles. The Morgan fingerprint density at radius 2 is 2.05 bits per heavy atom. The van der Waals surface area contributed by atoms with Crippen LogP contribution in [0.2, 0.25) is 0 Å². The lowest BCUT2D eigenvalue weighted by Crippen LogP contribution is -2.47. The van der Waals surface area contributed by atoms with Crippen LogP contribution >= 0.6 is 0 Å². The molecule has 0 atom stereocenters. The molecular weight excluding hydrogens is 260 g/mol. The molecule has 1 aliphatic heterocycles. The Balaban J connectivity index is 1.75. The van der Waals surface area contributed by atoms with Gasteiger partial charge in [0.25, 0.3) is 0 Å². The molecule has 0 N–H and O–H groups in total. The zero-order valence-corrected chi connectivity index (χ0v) is 11.1. The predicted molar refractivity (Wildman–Crippen MR) is 68.7 cm³/mol. The van der Waals surface area contributed by atoms with Crippen LogP contribution in [-0.2, 0) is 0 Å². The van der Waals surface area contributed by atoms with Gasteiger partial charge < -0.3 is 14.3 Å². The standard InChI is InChI=1S/C12H14N6O2/c1-17-4-6-18(7-5-17)12(19)11-15-10(16-20-11)9-8-13-2-3-14-9/h2-3,8H,4-7H2,1H3. The second kappa shape index (κ2) is 5.33. The summed E-state index contributed by atoms with van der Waals surface area (Å²) in [7, 11) is 2.03. The van der Waals surface area contributed by atoms with E-state index in [9.17, 15) is 4.79 Å². The molecule has 0 spiro atoms. The number of hydrogen-bond acceptors (Lipinski definition) is 7. The molecule has 1 fully saturated rings. The first-order valence-electron chi connectivity index (χ1n) is 6.32. The summed E-state index contributed by atoms with van der Waals surface area (Å²) >= 11 is 0. The Morgan fingerprint density at radius 3 is 2.75 bits per heavy atom. The minimum absolute atomic E-state index is 0.00444. The Morgan fingerprint density at radius 1 is 1.25 bits per heavy atom. The van der Waals surface area contributed by atoms with E-state index in [1.807, 2.05) is 7.05 Å². The van der Waals surface area contributed by atoms with Crippen molar-refractivity contribution in [3.05, 3.63) is 24.5 Å². The molecular formula is C12H14N6O2. The van der Waals surface area contributed by atoms with Gasteiger partial charge in [-0.1, -0.05) is 5.16 Å². The second-order valence-electron chi connectivity index (χ2n) is 4.61. The van der Waals surface area contributed by atoms with Crippen LogP contribution in [0.3, 0.4) is 0 Å². The summed E-state index contributed by atoms with van der Waals surface area (Å²) < 4.78 is 5.03. The summed E-state index contributed by atoms with van der Waals surface area (Å²) in [5.41, 5.74) is 0.480. The third kappa shape index (κ3) is 2.50. The lowest BCUT2D eigenvalue weighted by molar-refractivity contribution is 0.0615. The van der Waals surface area contributed by atoms with Gasteiger partial charge in [0, 0.05) is 38.6 Å². The average molecular weight is 274 g/mol. The van der Waals surface area contributed by atoms with Crippen LogP contribution in [0.4, 0.5) is 0 Å². The van der Waals surface area contributed by atoms with Crippen LogP contribution in [0.1, 0.15) is 10.7 Å². The number of likely N-dealkylation sites (N-methyl/N-ethyl adjacent to an activating group) is 1. The zero-order chi connectivity index (χ0) is 13.9. The highest BCUT2D eigenvalue weighted by Crippen LogP contribution is 2.13. The molecule has 1 amide bonds. The predicted octanol–water partition coefficient (Wildman–Crippen LogP) is -0.0858. The maximum Gasteiger partial charge on any atom is 0.316 e. The molecule has 0 radical (unpaired) electrons. The van der Waals surface area contributed by atoms with Crippen molar-refractivity contribution in [2.24, 2.45) is 0 Å². The lowest BCUT2D eigenvalue weighted by atomic mass is 10.3. The molecule has 0 unspecified atom stereocenters. The van der Waals surface area contributed by atoms with Crippen molar-refractivity contribution >= 4 is 5.91 Å². The lowest BCUT2D eigenvalue weighted by Gasteiger charge is -2.31. The molecule has 8 nitrogen and oxygen atoms in total. The highest BCUT2D eigenvalue weighted by atomic mass is 16.5. The van der Waals surface area contributed by atoms with Gasteiger partial charge in [-0.3, -0.25) is 9.78 Å². The molecule has 3 rings (SSSR count). The molecule has 0 bridgehead atoms. The van der Waals surface area contributed by atoms with E-state index in [-0.39, 0.29) is 17.6 Å². The van der Waals surface area contributed by atoms with Crippen molar-refractivity contribution in [2.75, 3.05) is 33.2 Å². The molecule has 0 aliphatic carbocycles. The average Bonchev–Trinajstić information content (AvgIpc) is 2.98. The first kappa shape index (κ1) is 12.7. The Kier molecular flexibility index (Phi) is 3.38. The van der Waals surface area contributed by atoms with Crippen LogP contribution < -0.4 is 0 Å². The summed E-state index contributed by atoms with van der Waals surface area (Å²) in [6.45, 7) is 3.02. The van der Waals surface area contributed by atoms with E-state index in [1.165, 1.54) is 12.4 Å². The molecule has 20 heavy (non-hydrogen) atoms. The number of hydrogen-bond donors (Lipinski definition) is 0. The van der Waals surface area contributed by atoms with Gasteiger partial charge in [0.1, 0.15) is 5.69 Å². The number of nitrogens with zero attached hydrogens (tertiary/aromatic N) is 6. The van der Waals surface area contributed by atoms with E-state index in [0.29, 0.717) is 18.8 Å². The van der Waals surface area contributed by atoms with Crippen LogP contribution in [-0.4, -0.2) is 69.0 Å². The Bertz CT molecular complexity index is 591. The number of aromatic nitrogens is 4. The molecule has 2 aromatic heterocycles. The van der Waals surface area contributed by atoms with Crippen molar-refractivity contribution < 1.29 is 9.32 Å². The molecule has 1 saturated heterocycles. The van der Waals surface area contributed by atoms with Crippen LogP contribution in [0.15, 0.2) is 23.1 Å². The van der Waals surface area contributed by atoms with Gasteiger partial charge in [0.2, 0.25) is 5.82 Å². The van der Waals surface area contributed by atoms with Gasteiger partial charge in [-0.15, -0.1) is 0 Å². The van der Waals surface area contributed by atoms with Gasteiger partial charge in [0.15, 0.2) is 0 Å². The highest BCUT2D eigenvalue weighted by molar-refractivity contribution is 5.90. The van der Waals surface area contributed by atoms with E-state index in [4.69, 9.17) is 4.52 Å². The van der Waals surface area contributed by atoms with Crippen LogP contribution in [0.5, 0.6) is 0 Å². The van der Waals surface area contributed by atoms with E-state index in [2.05, 4.69) is 25.0 Å². The largest absolute Gasteiger partial charge is 0.332 e. The van der Waals surface area contributed by atoms with Crippen molar-refractivity contribution in [3.8, 4) is 11.5 Å². The second-order valence-corrected chi connectivity index (χ2v) is 4.61. The van der Waals surface area contributed by atoms with Crippen molar-refractivity contribution in [1.82, 2.24) is 29.9 Å². The van der Waals surface area contributed by atoms with Gasteiger partial charge in [0.05, 0.1) is 6.20 Å². The number of carbonyl (C=O) groups is 1. The first-order chi connectivity index (χ1) is 9.74. The number of carbonyl (C=O) groups excluding carboxylic acids is 1. The van der Waals surface area contributed by atoms with Crippen molar-refractivity contribution in [2.45, 2.75) is 0 Å². The quantitative estimate of drug-likeness (QED) is 0.756. The molecule has 0 saturated carbocycles. The Labute approximate surface area is 115 Å². The number of amides is 1. The van der Waals surface area contributed by atoms with Crippen LogP contribution in [0.25, 0.3) is 11.5 Å². The number of rotatable bonds is 2. The van der Waals surface area contributed by atoms with Crippen molar-refractivity contribution in [3.63, 3.8) is 0 Å². The zero-order valence-electron chi connectivity index (χ0n) is 11.1. The maximum absolute atomic E-state index is 12.2. The summed E-state index contributed by atoms with van der Waals surface area (Å²) in [6, 6.07) is 0. The van der Waals surface area contributed by atoms with Gasteiger partial charge in [-0.25, -0.2) is 4.98 Å². The molecule has 1 aliphatic rings. The van der Waals surface area contributed by atoms with Crippen LogP contribution in [0, 0.1) is 0 Å². The summed E-state index contributed by atoms with van der Waals surface area (Å²) in [4.78, 5) is 28.2. The third-order valence-electron chi connectivity index (χ3n) is 3.19. The van der Waals surface area contributed by atoms with Gasteiger partial charge in [-0.05, 0) is 7.05 Å². The molecule has 104 valence electrons. The third-order valence-corrected chi connectivity index (χ3v) is 3.19. The van der Waals surface area contributed by atoms with Crippen molar-refractivity contribution in [1.29, 1.82) is 0 Å². The topological polar surface area (TPSA) is 88.2 Å². The summed E-state index contributed by atoms with van der Waals surface area (Å²) in [5.74, 6) is 0.0338. The Hall–Kier alpha value is -2.35. The minimum Gasteiger partial charge on any atom is -0.332 e. The monoisotopic (exact) mass is 274 g/mol. The van der Waals surface area contributed by atoms with Gasteiger partial charge >= 0.3 is 11.8 Å². The summed E-state index contributed by atoms with van der Waals surface area (Å²) in [5, 5.41) is 3.77. The summed E-state index contributed by atoms with van der Waals surface area (Å²) in [6.07, 6.45) is 4.61. The SMILES string of the molecule is CN1CCN(C(=O)c2nc(-c3cnccn3)no2)CC1. The molecule has 2 aromatic rings. The van der Waals surface area contributed by atoms with E-state index in [1.54, 1.807) is 11.1 Å². The minimum atomic E-state index is -0.235. The van der Waals surface area contributed by atoms with E-state index < -0.39 is 0 Å². The highest BCUT2D eigenvalue weighted by Gasteiger charge is 2.25. The maximum atomic E-state index is 12.2. The fourth-order valence-electron chi connectivity index (χ4n) is 1.97. The smallest absolute Gasteiger partial charge is 0.316 e. The normalized spacial score (nSPS) is 16.4. The van der Waals surface area contributed by atoms with E-state index in [0.717, 1.165) is 13.1 Å². The first-order valence-corrected chi connectivity index (χ1v) is 6.32.